The number of aryl methyl sites for hydroxylation is 2. The zero-order chi connectivity index (χ0) is 21.7. The lowest BCUT2D eigenvalue weighted by Gasteiger charge is -2.07. The molecular formula is C23H28N2O4S. The van der Waals surface area contributed by atoms with E-state index < -0.39 is 10.1 Å². The highest BCUT2D eigenvalue weighted by atomic mass is 32.2. The normalized spacial score (nSPS) is 11.7. The molecule has 2 aromatic carbocycles. The number of nitrogens with zero attached hydrogens (tertiary/aromatic N) is 2. The highest BCUT2D eigenvalue weighted by Crippen LogP contribution is 2.14. The second-order valence-electron chi connectivity index (χ2n) is 7.51. The van der Waals surface area contributed by atoms with Gasteiger partial charge in [0.2, 0.25) is 0 Å². The van der Waals surface area contributed by atoms with Crippen molar-refractivity contribution in [2.45, 2.75) is 51.6 Å². The SMILES string of the molecule is CCCn1c(CCOS(=O)(=O)c2ccc(C)cc2)cn(Cc2ccc(C)cc2)c1=O. The first kappa shape index (κ1) is 22.1. The van der Waals surface area contributed by atoms with Crippen molar-refractivity contribution in [3.63, 3.8) is 0 Å². The van der Waals surface area contributed by atoms with Crippen molar-refractivity contribution in [2.24, 2.45) is 0 Å². The van der Waals surface area contributed by atoms with E-state index in [9.17, 15) is 13.2 Å². The zero-order valence-corrected chi connectivity index (χ0v) is 18.5. The van der Waals surface area contributed by atoms with Gasteiger partial charge in [0.25, 0.3) is 10.1 Å². The summed E-state index contributed by atoms with van der Waals surface area (Å²) in [7, 11) is -3.82. The van der Waals surface area contributed by atoms with Crippen LogP contribution in [0.25, 0.3) is 0 Å². The molecule has 0 fully saturated rings. The van der Waals surface area contributed by atoms with Crippen LogP contribution in [0.4, 0.5) is 0 Å². The second kappa shape index (κ2) is 9.45. The fourth-order valence-corrected chi connectivity index (χ4v) is 4.19. The molecule has 0 bridgehead atoms. The Balaban J connectivity index is 1.74. The van der Waals surface area contributed by atoms with Crippen LogP contribution in [0, 0.1) is 13.8 Å². The lowest BCUT2D eigenvalue weighted by molar-refractivity contribution is 0.318. The van der Waals surface area contributed by atoms with Crippen LogP contribution < -0.4 is 5.69 Å². The molecule has 0 spiro atoms. The molecular weight excluding hydrogens is 400 g/mol. The second-order valence-corrected chi connectivity index (χ2v) is 9.12. The standard InChI is InChI=1S/C23H28N2O4S/c1-4-14-25-21(13-15-29-30(27,28)22-11-7-19(3)8-12-22)17-24(23(25)26)16-20-9-5-18(2)6-10-20/h5-12,17H,4,13-16H2,1-3H3. The van der Waals surface area contributed by atoms with Crippen molar-refractivity contribution in [3.8, 4) is 0 Å². The number of imidazole rings is 1. The molecule has 0 amide bonds. The summed E-state index contributed by atoms with van der Waals surface area (Å²) in [5.74, 6) is 0. The van der Waals surface area contributed by atoms with Gasteiger partial charge in [0, 0.05) is 24.9 Å². The van der Waals surface area contributed by atoms with Gasteiger partial charge >= 0.3 is 5.69 Å². The highest BCUT2D eigenvalue weighted by molar-refractivity contribution is 7.86. The summed E-state index contributed by atoms with van der Waals surface area (Å²) in [5, 5.41) is 0. The van der Waals surface area contributed by atoms with Gasteiger partial charge in [-0.05, 0) is 38.0 Å². The van der Waals surface area contributed by atoms with Gasteiger partial charge in [0.15, 0.2) is 0 Å². The van der Waals surface area contributed by atoms with Crippen LogP contribution in [0.3, 0.4) is 0 Å². The van der Waals surface area contributed by atoms with Crippen molar-refractivity contribution in [1.29, 1.82) is 0 Å². The minimum atomic E-state index is -3.82. The van der Waals surface area contributed by atoms with Gasteiger partial charge < -0.3 is 0 Å². The summed E-state index contributed by atoms with van der Waals surface area (Å²) in [6, 6.07) is 14.6. The number of benzene rings is 2. The average molecular weight is 429 g/mol. The lowest BCUT2D eigenvalue weighted by Crippen LogP contribution is -2.25. The Kier molecular flexibility index (Phi) is 6.95. The number of rotatable bonds is 9. The van der Waals surface area contributed by atoms with E-state index in [4.69, 9.17) is 4.18 Å². The fraction of sp³-hybridized carbons (Fsp3) is 0.348. The quantitative estimate of drug-likeness (QED) is 0.488. The van der Waals surface area contributed by atoms with Crippen molar-refractivity contribution in [2.75, 3.05) is 6.61 Å². The molecule has 3 rings (SSSR count). The van der Waals surface area contributed by atoms with E-state index in [1.54, 1.807) is 27.5 Å². The van der Waals surface area contributed by atoms with Crippen LogP contribution in [0.2, 0.25) is 0 Å². The number of hydrogen-bond donors (Lipinski definition) is 0. The van der Waals surface area contributed by atoms with E-state index in [-0.39, 0.29) is 17.2 Å². The Morgan fingerprint density at radius 1 is 0.933 bits per heavy atom. The molecule has 0 saturated carbocycles. The fourth-order valence-electron chi connectivity index (χ4n) is 3.28. The predicted molar refractivity (Wildman–Crippen MR) is 117 cm³/mol. The van der Waals surface area contributed by atoms with Gasteiger partial charge in [0.05, 0.1) is 18.0 Å². The van der Waals surface area contributed by atoms with Crippen LogP contribution in [-0.4, -0.2) is 24.2 Å². The van der Waals surface area contributed by atoms with E-state index in [2.05, 4.69) is 0 Å². The third-order valence-corrected chi connectivity index (χ3v) is 6.28. The Hall–Kier alpha value is -2.64. The van der Waals surface area contributed by atoms with Crippen molar-refractivity contribution in [3.05, 3.63) is 87.6 Å². The summed E-state index contributed by atoms with van der Waals surface area (Å²) < 4.78 is 33.4. The van der Waals surface area contributed by atoms with Gasteiger partial charge in [-0.3, -0.25) is 13.3 Å². The summed E-state index contributed by atoms with van der Waals surface area (Å²) in [6.07, 6.45) is 2.95. The molecule has 0 radical (unpaired) electrons. The van der Waals surface area contributed by atoms with Crippen LogP contribution in [0.5, 0.6) is 0 Å². The van der Waals surface area contributed by atoms with Gasteiger partial charge in [-0.25, -0.2) is 4.79 Å². The molecule has 3 aromatic rings. The maximum Gasteiger partial charge on any atom is 0.328 e. The Bertz CT molecular complexity index is 1140. The Morgan fingerprint density at radius 3 is 2.13 bits per heavy atom. The van der Waals surface area contributed by atoms with Crippen LogP contribution in [-0.2, 0) is 33.8 Å². The molecule has 0 N–H and O–H groups in total. The molecule has 30 heavy (non-hydrogen) atoms. The van der Waals surface area contributed by atoms with Crippen LogP contribution >= 0.6 is 0 Å². The summed E-state index contributed by atoms with van der Waals surface area (Å²) >= 11 is 0. The molecule has 160 valence electrons. The minimum Gasteiger partial charge on any atom is -0.296 e. The highest BCUT2D eigenvalue weighted by Gasteiger charge is 2.16. The largest absolute Gasteiger partial charge is 0.328 e. The molecule has 7 heteroatoms. The maximum atomic E-state index is 12.8. The van der Waals surface area contributed by atoms with Crippen molar-refractivity contribution >= 4 is 10.1 Å². The third-order valence-electron chi connectivity index (χ3n) is 4.96. The molecule has 0 aliphatic heterocycles. The van der Waals surface area contributed by atoms with E-state index in [0.717, 1.165) is 23.2 Å². The predicted octanol–water partition coefficient (Wildman–Crippen LogP) is 3.67. The van der Waals surface area contributed by atoms with Gasteiger partial charge in [0.1, 0.15) is 0 Å². The molecule has 1 aromatic heterocycles. The third kappa shape index (κ3) is 5.29. The summed E-state index contributed by atoms with van der Waals surface area (Å²) in [6.45, 7) is 6.97. The molecule has 0 aliphatic carbocycles. The van der Waals surface area contributed by atoms with E-state index >= 15 is 0 Å². The van der Waals surface area contributed by atoms with Crippen molar-refractivity contribution in [1.82, 2.24) is 9.13 Å². The first-order valence-corrected chi connectivity index (χ1v) is 11.5. The zero-order valence-electron chi connectivity index (χ0n) is 17.7. The lowest BCUT2D eigenvalue weighted by atomic mass is 10.1. The van der Waals surface area contributed by atoms with Crippen LogP contribution in [0.1, 0.15) is 35.7 Å². The van der Waals surface area contributed by atoms with Crippen molar-refractivity contribution < 1.29 is 12.6 Å². The van der Waals surface area contributed by atoms with Crippen LogP contribution in [0.15, 0.2) is 64.4 Å². The maximum absolute atomic E-state index is 12.8. The van der Waals surface area contributed by atoms with E-state index in [1.807, 2.05) is 45.0 Å². The number of hydrogen-bond acceptors (Lipinski definition) is 4. The monoisotopic (exact) mass is 428 g/mol. The van der Waals surface area contributed by atoms with Gasteiger partial charge in [-0.2, -0.15) is 8.42 Å². The first-order valence-electron chi connectivity index (χ1n) is 10.1. The molecule has 0 saturated heterocycles. The molecule has 6 nitrogen and oxygen atoms in total. The first-order chi connectivity index (χ1) is 14.3. The average Bonchev–Trinajstić information content (AvgIpc) is 2.99. The topological polar surface area (TPSA) is 70.3 Å². The van der Waals surface area contributed by atoms with Gasteiger partial charge in [-0.1, -0.05) is 54.4 Å². The molecule has 1 heterocycles. The van der Waals surface area contributed by atoms with Gasteiger partial charge in [-0.15, -0.1) is 0 Å². The summed E-state index contributed by atoms with van der Waals surface area (Å²) in [5.41, 5.74) is 3.87. The minimum absolute atomic E-state index is 0.0199. The Morgan fingerprint density at radius 2 is 1.53 bits per heavy atom. The molecule has 0 unspecified atom stereocenters. The number of aromatic nitrogens is 2. The molecule has 0 atom stereocenters. The van der Waals surface area contributed by atoms with E-state index in [1.165, 1.54) is 17.7 Å². The smallest absolute Gasteiger partial charge is 0.296 e. The molecule has 0 aliphatic rings. The van der Waals surface area contributed by atoms with E-state index in [0.29, 0.717) is 19.5 Å². The summed E-state index contributed by atoms with van der Waals surface area (Å²) in [4.78, 5) is 13.0. The Labute approximate surface area is 177 Å².